The highest BCUT2D eigenvalue weighted by molar-refractivity contribution is 5.80. The van der Waals surface area contributed by atoms with E-state index in [2.05, 4.69) is 26.6 Å². The summed E-state index contributed by atoms with van der Waals surface area (Å²) in [7, 11) is 1.78. The van der Waals surface area contributed by atoms with Gasteiger partial charge in [-0.05, 0) is 38.8 Å². The molecule has 2 fully saturated rings. The number of amides is 1. The van der Waals surface area contributed by atoms with Crippen LogP contribution in [0, 0.1) is 6.92 Å². The molecule has 0 spiro atoms. The first-order valence-electron chi connectivity index (χ1n) is 10.9. The number of aliphatic imine (C=N–C) groups is 1. The molecule has 0 aliphatic carbocycles. The van der Waals surface area contributed by atoms with Crippen molar-refractivity contribution in [2.75, 3.05) is 59.6 Å². The van der Waals surface area contributed by atoms with Crippen LogP contribution in [0.4, 0.5) is 4.79 Å². The highest BCUT2D eigenvalue weighted by Crippen LogP contribution is 2.23. The normalized spacial score (nSPS) is 20.1. The van der Waals surface area contributed by atoms with E-state index < -0.39 is 0 Å². The Balaban J connectivity index is 1.52. The molecule has 1 aromatic heterocycles. The average molecular weight is 422 g/mol. The maximum atomic E-state index is 11.9. The van der Waals surface area contributed by atoms with Crippen LogP contribution in [-0.4, -0.2) is 87.5 Å². The molecule has 1 unspecified atom stereocenters. The lowest BCUT2D eigenvalue weighted by atomic mass is 10.1. The number of guanidine groups is 1. The minimum Gasteiger partial charge on any atom is -0.465 e. The van der Waals surface area contributed by atoms with Crippen LogP contribution in [0.2, 0.25) is 0 Å². The van der Waals surface area contributed by atoms with E-state index in [1.165, 1.54) is 0 Å². The third kappa shape index (κ3) is 6.12. The Hall–Kier alpha value is -2.26. The fourth-order valence-corrected chi connectivity index (χ4v) is 3.93. The highest BCUT2D eigenvalue weighted by Gasteiger charge is 2.27. The lowest BCUT2D eigenvalue weighted by Gasteiger charge is -2.35. The molecule has 0 aromatic carbocycles. The molecule has 2 aliphatic heterocycles. The van der Waals surface area contributed by atoms with Crippen LogP contribution in [0.5, 0.6) is 0 Å². The van der Waals surface area contributed by atoms with Crippen LogP contribution >= 0.6 is 0 Å². The molecule has 30 heavy (non-hydrogen) atoms. The summed E-state index contributed by atoms with van der Waals surface area (Å²) < 4.78 is 16.5. The van der Waals surface area contributed by atoms with Crippen molar-refractivity contribution in [2.45, 2.75) is 38.8 Å². The van der Waals surface area contributed by atoms with Crippen molar-refractivity contribution in [3.8, 4) is 0 Å². The molecule has 1 atom stereocenters. The quantitative estimate of drug-likeness (QED) is 0.534. The van der Waals surface area contributed by atoms with Crippen molar-refractivity contribution in [2.24, 2.45) is 4.99 Å². The number of nitrogens with zero attached hydrogens (tertiary/aromatic N) is 3. The Labute approximate surface area is 178 Å². The molecular weight excluding hydrogens is 386 g/mol. The topological polar surface area (TPSA) is 91.6 Å². The SMILES string of the molecule is CCOC(=O)N1CCC(NC(=NC)NCC(c2ccc(C)o2)N2CCOCC2)CC1. The molecule has 2 aliphatic rings. The van der Waals surface area contributed by atoms with Crippen LogP contribution in [0.15, 0.2) is 21.5 Å². The number of piperidine rings is 1. The third-order valence-electron chi connectivity index (χ3n) is 5.62. The summed E-state index contributed by atoms with van der Waals surface area (Å²) in [6.07, 6.45) is 1.51. The fraction of sp³-hybridized carbons (Fsp3) is 0.714. The van der Waals surface area contributed by atoms with Gasteiger partial charge >= 0.3 is 6.09 Å². The number of furan rings is 1. The maximum Gasteiger partial charge on any atom is 0.409 e. The van der Waals surface area contributed by atoms with Crippen LogP contribution in [0.1, 0.15) is 37.3 Å². The number of morpholine rings is 1. The molecule has 168 valence electrons. The fourth-order valence-electron chi connectivity index (χ4n) is 3.93. The van der Waals surface area contributed by atoms with Crippen molar-refractivity contribution in [1.82, 2.24) is 20.4 Å². The van der Waals surface area contributed by atoms with Gasteiger partial charge in [-0.2, -0.15) is 0 Å². The Morgan fingerprint density at radius 1 is 1.27 bits per heavy atom. The van der Waals surface area contributed by atoms with Gasteiger partial charge in [0, 0.05) is 45.8 Å². The summed E-state index contributed by atoms with van der Waals surface area (Å²) in [6, 6.07) is 4.45. The minimum absolute atomic E-state index is 0.117. The monoisotopic (exact) mass is 421 g/mol. The van der Waals surface area contributed by atoms with Crippen LogP contribution in [0.25, 0.3) is 0 Å². The number of nitrogens with one attached hydrogen (secondary N) is 2. The second-order valence-electron chi connectivity index (χ2n) is 7.67. The van der Waals surface area contributed by atoms with Crippen molar-refractivity contribution in [3.05, 3.63) is 23.7 Å². The van der Waals surface area contributed by atoms with Crippen molar-refractivity contribution >= 4 is 12.1 Å². The molecule has 9 nitrogen and oxygen atoms in total. The predicted octanol–water partition coefficient (Wildman–Crippen LogP) is 1.75. The first kappa shape index (κ1) is 22.4. The molecule has 1 aromatic rings. The Bertz CT molecular complexity index is 693. The van der Waals surface area contributed by atoms with Crippen LogP contribution in [-0.2, 0) is 9.47 Å². The number of carbonyl (C=O) groups is 1. The van der Waals surface area contributed by atoms with Gasteiger partial charge in [-0.3, -0.25) is 9.89 Å². The van der Waals surface area contributed by atoms with Crippen LogP contribution in [0.3, 0.4) is 0 Å². The second-order valence-corrected chi connectivity index (χ2v) is 7.67. The average Bonchev–Trinajstić information content (AvgIpc) is 3.20. The number of rotatable bonds is 6. The van der Waals surface area contributed by atoms with E-state index in [0.29, 0.717) is 26.2 Å². The smallest absolute Gasteiger partial charge is 0.409 e. The van der Waals surface area contributed by atoms with Gasteiger partial charge < -0.3 is 29.4 Å². The number of ether oxygens (including phenoxy) is 2. The van der Waals surface area contributed by atoms with E-state index in [1.54, 1.807) is 11.9 Å². The minimum atomic E-state index is -0.222. The van der Waals surface area contributed by atoms with Gasteiger partial charge in [0.25, 0.3) is 0 Å². The Morgan fingerprint density at radius 3 is 2.60 bits per heavy atom. The molecule has 0 bridgehead atoms. The molecule has 3 rings (SSSR count). The standard InChI is InChI=1S/C21H35N5O4/c1-4-29-21(27)26-9-7-17(8-10-26)24-20(22-3)23-15-18(19-6-5-16(2)30-19)25-11-13-28-14-12-25/h5-6,17-18H,4,7-15H2,1-3H3,(H2,22,23,24). The van der Waals surface area contributed by atoms with Gasteiger partial charge in [0.15, 0.2) is 5.96 Å². The highest BCUT2D eigenvalue weighted by atomic mass is 16.6. The van der Waals surface area contributed by atoms with Crippen molar-refractivity contribution in [1.29, 1.82) is 0 Å². The zero-order valence-corrected chi connectivity index (χ0v) is 18.4. The molecule has 0 saturated carbocycles. The van der Waals surface area contributed by atoms with Gasteiger partial charge in [-0.15, -0.1) is 0 Å². The molecule has 1 amide bonds. The van der Waals surface area contributed by atoms with E-state index in [0.717, 1.165) is 56.6 Å². The molecule has 3 heterocycles. The number of carbonyl (C=O) groups excluding carboxylic acids is 1. The predicted molar refractivity (Wildman–Crippen MR) is 115 cm³/mol. The number of hydrogen-bond donors (Lipinski definition) is 2. The Morgan fingerprint density at radius 2 is 2.00 bits per heavy atom. The lowest BCUT2D eigenvalue weighted by molar-refractivity contribution is 0.0124. The first-order chi connectivity index (χ1) is 14.6. The van der Waals surface area contributed by atoms with E-state index in [1.807, 2.05) is 19.9 Å². The van der Waals surface area contributed by atoms with E-state index in [4.69, 9.17) is 13.9 Å². The van der Waals surface area contributed by atoms with Gasteiger partial charge in [-0.25, -0.2) is 4.79 Å². The van der Waals surface area contributed by atoms with Gasteiger partial charge in [0.05, 0.1) is 25.9 Å². The van der Waals surface area contributed by atoms with Gasteiger partial charge in [0.2, 0.25) is 0 Å². The Kier molecular flexibility index (Phi) is 8.39. The largest absolute Gasteiger partial charge is 0.465 e. The van der Waals surface area contributed by atoms with Gasteiger partial charge in [0.1, 0.15) is 11.5 Å². The maximum absolute atomic E-state index is 11.9. The summed E-state index contributed by atoms with van der Waals surface area (Å²) in [5, 5.41) is 6.97. The summed E-state index contributed by atoms with van der Waals surface area (Å²) >= 11 is 0. The van der Waals surface area contributed by atoms with Crippen molar-refractivity contribution in [3.63, 3.8) is 0 Å². The third-order valence-corrected chi connectivity index (χ3v) is 5.62. The van der Waals surface area contributed by atoms with Crippen LogP contribution < -0.4 is 10.6 Å². The number of aryl methyl sites for hydroxylation is 1. The number of likely N-dealkylation sites (tertiary alicyclic amines) is 1. The zero-order valence-electron chi connectivity index (χ0n) is 18.4. The van der Waals surface area contributed by atoms with E-state index >= 15 is 0 Å². The molecular formula is C21H35N5O4. The van der Waals surface area contributed by atoms with E-state index in [-0.39, 0.29) is 18.2 Å². The summed E-state index contributed by atoms with van der Waals surface area (Å²) in [6.45, 7) is 9.51. The molecule has 2 N–H and O–H groups in total. The van der Waals surface area contributed by atoms with Gasteiger partial charge in [-0.1, -0.05) is 0 Å². The molecule has 2 saturated heterocycles. The lowest BCUT2D eigenvalue weighted by Crippen LogP contribution is -2.51. The molecule has 9 heteroatoms. The van der Waals surface area contributed by atoms with E-state index in [9.17, 15) is 4.79 Å². The molecule has 0 radical (unpaired) electrons. The summed E-state index contributed by atoms with van der Waals surface area (Å²) in [5.74, 6) is 2.64. The number of hydrogen-bond acceptors (Lipinski definition) is 6. The van der Waals surface area contributed by atoms with Crippen molar-refractivity contribution < 1.29 is 18.7 Å². The first-order valence-corrected chi connectivity index (χ1v) is 10.9. The summed E-state index contributed by atoms with van der Waals surface area (Å²) in [5.41, 5.74) is 0. The summed E-state index contributed by atoms with van der Waals surface area (Å²) in [4.78, 5) is 20.4. The zero-order chi connectivity index (χ0) is 21.3. The second kappa shape index (κ2) is 11.2.